The summed E-state index contributed by atoms with van der Waals surface area (Å²) in [4.78, 5) is 51.3. The van der Waals surface area contributed by atoms with Crippen molar-refractivity contribution in [3.8, 4) is 0 Å². The van der Waals surface area contributed by atoms with E-state index in [1.54, 1.807) is 0 Å². The number of rotatable bonds is 15. The van der Waals surface area contributed by atoms with Crippen LogP contribution in [0.5, 0.6) is 0 Å². The van der Waals surface area contributed by atoms with Crippen LogP contribution in [0.15, 0.2) is 5.10 Å². The quantitative estimate of drug-likeness (QED) is 0.0345. The number of urea groups is 1. The van der Waals surface area contributed by atoms with Crippen LogP contribution in [-0.2, 0) is 14.4 Å². The van der Waals surface area contributed by atoms with Gasteiger partial charge in [0.1, 0.15) is 12.1 Å². The van der Waals surface area contributed by atoms with Gasteiger partial charge in [0.05, 0.1) is 12.6 Å². The zero-order chi connectivity index (χ0) is 26.3. The molecule has 0 radical (unpaired) electrons. The fourth-order valence-corrected chi connectivity index (χ4v) is 3.11. The van der Waals surface area contributed by atoms with Crippen LogP contribution in [0.25, 0.3) is 0 Å². The van der Waals surface area contributed by atoms with E-state index in [4.69, 9.17) is 17.2 Å². The van der Waals surface area contributed by atoms with Crippen LogP contribution >= 0.6 is 0 Å². The summed E-state index contributed by atoms with van der Waals surface area (Å²) in [7, 11) is 0. The molecule has 0 fully saturated rings. The van der Waals surface area contributed by atoms with Crippen molar-refractivity contribution < 1.29 is 36.6 Å². The molecule has 202 valence electrons. The van der Waals surface area contributed by atoms with Crippen molar-refractivity contribution in [3.05, 3.63) is 0 Å². The topological polar surface area (TPSA) is 221 Å². The van der Waals surface area contributed by atoms with Crippen LogP contribution in [0.4, 0.5) is 4.79 Å². The molecule has 0 aliphatic heterocycles. The van der Waals surface area contributed by atoms with Gasteiger partial charge in [-0.05, 0) is 31.1 Å². The van der Waals surface area contributed by atoms with Gasteiger partial charge in [-0.25, -0.2) is 10.2 Å². The van der Waals surface area contributed by atoms with Gasteiger partial charge in [-0.2, -0.15) is 5.10 Å². The second kappa shape index (κ2) is 18.3. The first-order chi connectivity index (χ1) is 15.9. The van der Waals surface area contributed by atoms with Crippen molar-refractivity contribution in [3.63, 3.8) is 0 Å². The lowest BCUT2D eigenvalue weighted by molar-refractivity contribution is -0.459. The van der Waals surface area contributed by atoms with E-state index in [1.165, 1.54) is 13.1 Å². The number of hydrogen-bond donors (Lipinski definition) is 8. The first-order valence-electron chi connectivity index (χ1n) is 11.5. The fraction of sp³-hybridized carbons (Fsp3) is 0.714. The van der Waals surface area contributed by atoms with Gasteiger partial charge in [0.15, 0.2) is 0 Å². The summed E-state index contributed by atoms with van der Waals surface area (Å²) in [5.41, 5.74) is 17.9. The molecule has 13 nitrogen and oxygen atoms in total. The van der Waals surface area contributed by atoms with Gasteiger partial charge >= 0.3 is 12.0 Å². The molecular formula is C21H42ClN9O4. The summed E-state index contributed by atoms with van der Waals surface area (Å²) < 4.78 is 0. The molecule has 14 heteroatoms. The molecular weight excluding hydrogens is 479 g/mol. The lowest BCUT2D eigenvalue weighted by Gasteiger charge is -2.28. The van der Waals surface area contributed by atoms with Gasteiger partial charge in [-0.1, -0.05) is 34.1 Å². The molecule has 0 aromatic carbocycles. The molecule has 0 aliphatic carbocycles. The smallest absolute Gasteiger partial charge is 0.338 e. The average molecular weight is 521 g/mol. The standard InChI is InChI=1S/C21H41N9O4.ClH/c1-6-13(4)17(29-18(32)16(10-12(2)3)27-14(5)31)19(33)28-15(11-26-30-21(24)34)8-7-9-25-20(22)23;/h11-13,15-17H,6-10H2,1-5H3,(H,27,31)(H,28,33)(H,29,32)(H4,22,23,25)(H3,24,30,34);1H/b26-11+;/t13-,15-,16-,17-;/m0./s1/i11+1;. The number of hydrazone groups is 1. The van der Waals surface area contributed by atoms with E-state index in [1.807, 2.05) is 27.7 Å². The Bertz CT molecular complexity index is 742. The molecule has 0 saturated carbocycles. The van der Waals surface area contributed by atoms with E-state index in [2.05, 4.69) is 31.5 Å². The first kappa shape index (κ1) is 34.1. The number of nitrogens with one attached hydrogen (secondary N) is 5. The zero-order valence-corrected chi connectivity index (χ0v) is 21.9. The molecule has 0 spiro atoms. The van der Waals surface area contributed by atoms with Crippen LogP contribution in [0.3, 0.4) is 0 Å². The van der Waals surface area contributed by atoms with Crippen LogP contribution in [-0.4, -0.2) is 60.6 Å². The molecule has 0 aromatic rings. The predicted octanol–water partition coefficient (Wildman–Crippen LogP) is -5.65. The van der Waals surface area contributed by atoms with Crippen molar-refractivity contribution in [2.45, 2.75) is 78.4 Å². The van der Waals surface area contributed by atoms with Crippen LogP contribution in [0.2, 0.25) is 0 Å². The Balaban J connectivity index is 0. The number of carbonyl (C=O) groups is 4. The summed E-state index contributed by atoms with van der Waals surface area (Å²) in [5, 5.41) is 12.0. The summed E-state index contributed by atoms with van der Waals surface area (Å²) in [5.74, 6) is -1.11. The highest BCUT2D eigenvalue weighted by atomic mass is 35.5. The number of carbonyl (C=O) groups excluding carboxylic acids is 4. The minimum Gasteiger partial charge on any atom is -1.00 e. The van der Waals surface area contributed by atoms with E-state index >= 15 is 0 Å². The maximum Gasteiger partial charge on any atom is 0.338 e. The Labute approximate surface area is 213 Å². The molecule has 5 amide bonds. The minimum atomic E-state index is -0.841. The molecule has 0 heterocycles. The summed E-state index contributed by atoms with van der Waals surface area (Å²) >= 11 is 0. The normalized spacial score (nSPS) is 14.1. The number of nitrogens with zero attached hydrogens (tertiary/aromatic N) is 1. The van der Waals surface area contributed by atoms with Crippen LogP contribution in [0, 0.1) is 11.8 Å². The Hall–Kier alpha value is -3.09. The van der Waals surface area contributed by atoms with E-state index in [9.17, 15) is 19.2 Å². The Kier molecular flexibility index (Phi) is 17.8. The lowest BCUT2D eigenvalue weighted by atomic mass is 9.96. The third-order valence-corrected chi connectivity index (χ3v) is 4.97. The third-order valence-electron chi connectivity index (χ3n) is 4.97. The lowest BCUT2D eigenvalue weighted by Crippen LogP contribution is -3.00. The van der Waals surface area contributed by atoms with Gasteiger partial charge in [0.25, 0.3) is 0 Å². The molecule has 0 saturated heterocycles. The second-order valence-electron chi connectivity index (χ2n) is 8.65. The molecule has 0 unspecified atom stereocenters. The van der Waals surface area contributed by atoms with Gasteiger partial charge < -0.3 is 34.1 Å². The molecule has 0 bridgehead atoms. The maximum absolute atomic E-state index is 13.1. The van der Waals surface area contributed by atoms with Crippen LogP contribution in [0.1, 0.15) is 60.3 Å². The third kappa shape index (κ3) is 16.2. The van der Waals surface area contributed by atoms with Crippen molar-refractivity contribution in [1.29, 1.82) is 0 Å². The van der Waals surface area contributed by atoms with E-state index in [0.717, 1.165) is 0 Å². The highest BCUT2D eigenvalue weighted by Crippen LogP contribution is 2.11. The highest BCUT2D eigenvalue weighted by Gasteiger charge is 2.30. The fourth-order valence-electron chi connectivity index (χ4n) is 3.11. The predicted molar refractivity (Wildman–Crippen MR) is 130 cm³/mol. The van der Waals surface area contributed by atoms with Gasteiger partial charge in [-0.15, -0.1) is 0 Å². The van der Waals surface area contributed by atoms with Crippen molar-refractivity contribution in [2.75, 3.05) is 6.54 Å². The molecule has 0 aromatic heterocycles. The van der Waals surface area contributed by atoms with E-state index in [-0.39, 0.29) is 36.1 Å². The number of amides is 5. The highest BCUT2D eigenvalue weighted by molar-refractivity contribution is 5.92. The molecule has 0 rings (SSSR count). The largest absolute Gasteiger partial charge is 1.00 e. The molecule has 4 atom stereocenters. The number of hydrogen-bond acceptors (Lipinski definition) is 5. The minimum absolute atomic E-state index is 0. The SMILES string of the molecule is CC[C@H](C)[C@H](NC(=O)[C@H](CC(C)C)NC(C)=O)C(=O)N[C@@H](CCC[NH+]=C(N)N)/[13CH]=N/NC(N)=O.[Cl-]. The monoisotopic (exact) mass is 520 g/mol. The number of guanidine groups is 1. The average Bonchev–Trinajstić information content (AvgIpc) is 2.72. The Morgan fingerprint density at radius 2 is 1.63 bits per heavy atom. The molecule has 0 aliphatic rings. The van der Waals surface area contributed by atoms with Crippen molar-refractivity contribution in [2.24, 2.45) is 34.1 Å². The molecule has 11 N–H and O–H groups in total. The maximum atomic E-state index is 13.1. The zero-order valence-electron chi connectivity index (χ0n) is 21.2. The van der Waals surface area contributed by atoms with Crippen molar-refractivity contribution in [1.82, 2.24) is 21.4 Å². The van der Waals surface area contributed by atoms with Gasteiger partial charge in [0.2, 0.25) is 17.7 Å². The van der Waals surface area contributed by atoms with Crippen LogP contribution < -0.4 is 56.0 Å². The van der Waals surface area contributed by atoms with Gasteiger partial charge in [0, 0.05) is 13.1 Å². The molecule has 35 heavy (non-hydrogen) atoms. The van der Waals surface area contributed by atoms with E-state index in [0.29, 0.717) is 32.2 Å². The Morgan fingerprint density at radius 1 is 1.00 bits per heavy atom. The van der Waals surface area contributed by atoms with Gasteiger partial charge in [-0.3, -0.25) is 30.8 Å². The van der Waals surface area contributed by atoms with E-state index < -0.39 is 36.0 Å². The summed E-state index contributed by atoms with van der Waals surface area (Å²) in [6.07, 6.45) is 3.43. The number of nitrogens with two attached hydrogens (primary N) is 3. The summed E-state index contributed by atoms with van der Waals surface area (Å²) in [6.45, 7) is 9.44. The second-order valence-corrected chi connectivity index (χ2v) is 8.65. The summed E-state index contributed by atoms with van der Waals surface area (Å²) in [6, 6.07) is -3.00. The first-order valence-corrected chi connectivity index (χ1v) is 11.5. The number of primary amides is 1. The number of halogens is 1. The Morgan fingerprint density at radius 3 is 2.11 bits per heavy atom. The van der Waals surface area contributed by atoms with Crippen molar-refractivity contribution >= 4 is 35.9 Å².